The van der Waals surface area contributed by atoms with Crippen LogP contribution in [0.5, 0.6) is 5.75 Å². The van der Waals surface area contributed by atoms with Gasteiger partial charge in [-0.15, -0.1) is 0 Å². The van der Waals surface area contributed by atoms with Gasteiger partial charge in [-0.2, -0.15) is 0 Å². The molecule has 0 N–H and O–H groups in total. The maximum absolute atomic E-state index is 7.10. The highest BCUT2D eigenvalue weighted by Crippen LogP contribution is 2.32. The van der Waals surface area contributed by atoms with E-state index in [1.54, 1.807) is 0 Å². The highest BCUT2D eigenvalue weighted by molar-refractivity contribution is 5.41. The normalized spacial score (nSPS) is 13.8. The van der Waals surface area contributed by atoms with Crippen LogP contribution in [0.4, 0.5) is 0 Å². The van der Waals surface area contributed by atoms with Gasteiger partial charge in [-0.1, -0.05) is 13.8 Å². The van der Waals surface area contributed by atoms with Crippen LogP contribution in [-0.2, 0) is 0 Å². The lowest BCUT2D eigenvalue weighted by Crippen LogP contribution is -2.01. The summed E-state index contributed by atoms with van der Waals surface area (Å²) in [6.45, 7) is 16.1. The largest absolute Gasteiger partial charge is 0.494 e. The average Bonchev–Trinajstić information content (AvgIpc) is 2.37. The number of hydrogen-bond acceptors (Lipinski definition) is 1. The lowest BCUT2D eigenvalue weighted by molar-refractivity contribution is 0.334. The molecule has 0 heterocycles. The van der Waals surface area contributed by atoms with Gasteiger partial charge in [0.2, 0.25) is 6.04 Å². The number of benzene rings is 1. The highest BCUT2D eigenvalue weighted by Gasteiger charge is 2.15. The van der Waals surface area contributed by atoms with E-state index in [2.05, 4.69) is 24.8 Å². The Morgan fingerprint density at radius 2 is 2.00 bits per heavy atom. The number of ether oxygens (including phenoxy) is 1. The SMILES string of the molecule is [C-]#[N+]C(C)c1ccc(OCC)c(C(C)CC)c1. The summed E-state index contributed by atoms with van der Waals surface area (Å²) in [5, 5.41) is 0. The van der Waals surface area contributed by atoms with Crippen molar-refractivity contribution in [3.05, 3.63) is 40.7 Å². The second-order valence-electron chi connectivity index (χ2n) is 4.34. The molecule has 92 valence electrons. The monoisotopic (exact) mass is 231 g/mol. The standard InChI is InChI=1S/C15H21NO/c1-6-11(3)14-10-13(12(4)16-5)8-9-15(14)17-7-2/h8-12H,6-7H2,1-4H3. The third-order valence-electron chi connectivity index (χ3n) is 3.15. The van der Waals surface area contributed by atoms with Crippen LogP contribution < -0.4 is 4.74 Å². The molecule has 0 radical (unpaired) electrons. The first kappa shape index (κ1) is 13.6. The summed E-state index contributed by atoms with van der Waals surface area (Å²) >= 11 is 0. The smallest absolute Gasteiger partial charge is 0.245 e. The van der Waals surface area contributed by atoms with Gasteiger partial charge in [-0.05, 0) is 43.0 Å². The van der Waals surface area contributed by atoms with Crippen LogP contribution in [0, 0.1) is 6.57 Å². The van der Waals surface area contributed by atoms with Crippen LogP contribution in [0.3, 0.4) is 0 Å². The fourth-order valence-electron chi connectivity index (χ4n) is 1.79. The third-order valence-corrected chi connectivity index (χ3v) is 3.15. The quantitative estimate of drug-likeness (QED) is 0.676. The zero-order valence-corrected chi connectivity index (χ0v) is 11.2. The van der Waals surface area contributed by atoms with E-state index in [0.717, 1.165) is 17.7 Å². The fourth-order valence-corrected chi connectivity index (χ4v) is 1.79. The molecule has 1 rings (SSSR count). The van der Waals surface area contributed by atoms with Crippen molar-refractivity contribution in [3.63, 3.8) is 0 Å². The molecule has 2 nitrogen and oxygen atoms in total. The molecule has 0 saturated heterocycles. The fraction of sp³-hybridized carbons (Fsp3) is 0.533. The summed E-state index contributed by atoms with van der Waals surface area (Å²) in [7, 11) is 0. The number of nitrogens with zero attached hydrogens (tertiary/aromatic N) is 1. The van der Waals surface area contributed by atoms with E-state index >= 15 is 0 Å². The van der Waals surface area contributed by atoms with Gasteiger partial charge in [0.1, 0.15) is 5.75 Å². The molecule has 1 aromatic rings. The Morgan fingerprint density at radius 3 is 2.53 bits per heavy atom. The molecule has 2 atom stereocenters. The minimum Gasteiger partial charge on any atom is -0.494 e. The first-order chi connectivity index (χ1) is 8.13. The van der Waals surface area contributed by atoms with Crippen molar-refractivity contribution >= 4 is 0 Å². The summed E-state index contributed by atoms with van der Waals surface area (Å²) < 4.78 is 5.65. The molecule has 0 fully saturated rings. The maximum Gasteiger partial charge on any atom is 0.245 e. The summed E-state index contributed by atoms with van der Waals surface area (Å²) in [6.07, 6.45) is 1.08. The molecule has 1 aromatic carbocycles. The van der Waals surface area contributed by atoms with Crippen molar-refractivity contribution < 1.29 is 4.74 Å². The summed E-state index contributed by atoms with van der Waals surface area (Å²) in [6, 6.07) is 6.05. The van der Waals surface area contributed by atoms with Crippen molar-refractivity contribution in [1.29, 1.82) is 0 Å². The Labute approximate surface area is 104 Å². The molecule has 0 aliphatic rings. The molecular formula is C15H21NO. The topological polar surface area (TPSA) is 13.6 Å². The van der Waals surface area contributed by atoms with Crippen LogP contribution in [0.15, 0.2) is 18.2 Å². The van der Waals surface area contributed by atoms with Crippen LogP contribution in [0.2, 0.25) is 0 Å². The van der Waals surface area contributed by atoms with Gasteiger partial charge in [0.15, 0.2) is 0 Å². The van der Waals surface area contributed by atoms with Crippen molar-refractivity contribution in [2.75, 3.05) is 6.61 Å². The first-order valence-electron chi connectivity index (χ1n) is 6.27. The molecule has 17 heavy (non-hydrogen) atoms. The molecule has 0 aliphatic heterocycles. The van der Waals surface area contributed by atoms with E-state index in [1.807, 2.05) is 26.0 Å². The van der Waals surface area contributed by atoms with Crippen LogP contribution in [0.1, 0.15) is 57.2 Å². The predicted molar refractivity (Wildman–Crippen MR) is 71.3 cm³/mol. The summed E-state index contributed by atoms with van der Waals surface area (Å²) in [5.74, 6) is 1.43. The molecule has 0 spiro atoms. The van der Waals surface area contributed by atoms with Crippen molar-refractivity contribution in [2.24, 2.45) is 0 Å². The molecule has 0 aromatic heterocycles. The van der Waals surface area contributed by atoms with Crippen LogP contribution in [-0.4, -0.2) is 6.61 Å². The Bertz CT molecular complexity index is 406. The zero-order valence-electron chi connectivity index (χ0n) is 11.2. The predicted octanol–water partition coefficient (Wildman–Crippen LogP) is 4.58. The Hall–Kier alpha value is -1.49. The van der Waals surface area contributed by atoms with E-state index in [4.69, 9.17) is 11.3 Å². The van der Waals surface area contributed by atoms with Crippen molar-refractivity contribution in [1.82, 2.24) is 0 Å². The van der Waals surface area contributed by atoms with E-state index in [0.29, 0.717) is 12.5 Å². The molecule has 2 heteroatoms. The van der Waals surface area contributed by atoms with Crippen LogP contribution in [0.25, 0.3) is 4.85 Å². The van der Waals surface area contributed by atoms with Gasteiger partial charge < -0.3 is 9.58 Å². The van der Waals surface area contributed by atoms with E-state index in [9.17, 15) is 0 Å². The lowest BCUT2D eigenvalue weighted by Gasteiger charge is -2.16. The van der Waals surface area contributed by atoms with E-state index in [1.165, 1.54) is 5.56 Å². The minimum absolute atomic E-state index is 0.0755. The second-order valence-corrected chi connectivity index (χ2v) is 4.34. The van der Waals surface area contributed by atoms with Gasteiger partial charge in [0.25, 0.3) is 0 Å². The molecule has 2 unspecified atom stereocenters. The molecular weight excluding hydrogens is 210 g/mol. The van der Waals surface area contributed by atoms with Crippen LogP contribution >= 0.6 is 0 Å². The van der Waals surface area contributed by atoms with Crippen molar-refractivity contribution in [2.45, 2.75) is 46.1 Å². The van der Waals surface area contributed by atoms with Crippen molar-refractivity contribution in [3.8, 4) is 5.75 Å². The summed E-state index contributed by atoms with van der Waals surface area (Å²) in [4.78, 5) is 3.57. The Kier molecular flexibility index (Phi) is 5.03. The third kappa shape index (κ3) is 3.23. The minimum atomic E-state index is -0.0755. The van der Waals surface area contributed by atoms with Gasteiger partial charge >= 0.3 is 0 Å². The Morgan fingerprint density at radius 1 is 1.29 bits per heavy atom. The lowest BCUT2D eigenvalue weighted by atomic mass is 9.94. The highest BCUT2D eigenvalue weighted by atomic mass is 16.5. The Balaban J connectivity index is 3.15. The van der Waals surface area contributed by atoms with Gasteiger partial charge in [-0.25, -0.2) is 6.57 Å². The number of hydrogen-bond donors (Lipinski definition) is 0. The summed E-state index contributed by atoms with van der Waals surface area (Å²) in [5.41, 5.74) is 2.31. The second kappa shape index (κ2) is 6.30. The van der Waals surface area contributed by atoms with Gasteiger partial charge in [-0.3, -0.25) is 0 Å². The molecule has 0 bridgehead atoms. The van der Waals surface area contributed by atoms with Gasteiger partial charge in [0, 0.05) is 12.5 Å². The molecule has 0 aliphatic carbocycles. The zero-order chi connectivity index (χ0) is 12.8. The maximum atomic E-state index is 7.10. The van der Waals surface area contributed by atoms with Gasteiger partial charge in [0.05, 0.1) is 6.61 Å². The number of rotatable bonds is 5. The van der Waals surface area contributed by atoms with E-state index in [-0.39, 0.29) is 6.04 Å². The average molecular weight is 231 g/mol. The molecule has 0 saturated carbocycles. The van der Waals surface area contributed by atoms with E-state index < -0.39 is 0 Å². The molecule has 0 amide bonds. The first-order valence-corrected chi connectivity index (χ1v) is 6.27.